The number of aromatic nitrogens is 1. The highest BCUT2D eigenvalue weighted by molar-refractivity contribution is 9.10. The number of pyridine rings is 1. The normalized spacial score (nSPS) is 12.9. The predicted octanol–water partition coefficient (Wildman–Crippen LogP) is 3.46. The number of nitrogen functional groups attached to an aromatic ring is 1. The smallest absolute Gasteiger partial charge is 0.384 e. The molecule has 90 valence electrons. The SMILES string of the molecule is Nc1cc(C(F)(F)F)c(Br)c(C(F)(F)F)n1. The Morgan fingerprint density at radius 3 is 1.94 bits per heavy atom. The van der Waals surface area contributed by atoms with Gasteiger partial charge in [0.05, 0.1) is 10.0 Å². The van der Waals surface area contributed by atoms with E-state index in [0.29, 0.717) is 6.07 Å². The number of halogens is 7. The van der Waals surface area contributed by atoms with Crippen molar-refractivity contribution in [3.05, 3.63) is 21.8 Å². The summed E-state index contributed by atoms with van der Waals surface area (Å²) in [7, 11) is 0. The molecule has 0 bridgehead atoms. The Morgan fingerprint density at radius 2 is 1.56 bits per heavy atom. The van der Waals surface area contributed by atoms with Crippen molar-refractivity contribution in [2.24, 2.45) is 0 Å². The van der Waals surface area contributed by atoms with E-state index in [-0.39, 0.29) is 0 Å². The molecule has 0 atom stereocenters. The highest BCUT2D eigenvalue weighted by atomic mass is 79.9. The van der Waals surface area contributed by atoms with E-state index >= 15 is 0 Å². The Balaban J connectivity index is 3.51. The Hall–Kier alpha value is -0.990. The maximum Gasteiger partial charge on any atom is 0.434 e. The van der Waals surface area contributed by atoms with Gasteiger partial charge in [-0.15, -0.1) is 0 Å². The van der Waals surface area contributed by atoms with Gasteiger partial charge in [0.2, 0.25) is 0 Å². The topological polar surface area (TPSA) is 38.9 Å². The highest BCUT2D eigenvalue weighted by Gasteiger charge is 2.41. The fourth-order valence-corrected chi connectivity index (χ4v) is 1.60. The van der Waals surface area contributed by atoms with Crippen molar-refractivity contribution < 1.29 is 26.3 Å². The number of nitrogens with zero attached hydrogens (tertiary/aromatic N) is 1. The lowest BCUT2D eigenvalue weighted by Gasteiger charge is -2.14. The summed E-state index contributed by atoms with van der Waals surface area (Å²) in [6.07, 6.45) is -9.94. The van der Waals surface area contributed by atoms with Crippen molar-refractivity contribution in [2.75, 3.05) is 5.73 Å². The molecule has 0 radical (unpaired) electrons. The molecule has 0 unspecified atom stereocenters. The molecule has 0 aliphatic carbocycles. The first-order valence-corrected chi connectivity index (χ1v) is 4.43. The Kier molecular flexibility index (Phi) is 3.10. The van der Waals surface area contributed by atoms with Crippen LogP contribution in [0, 0.1) is 0 Å². The summed E-state index contributed by atoms with van der Waals surface area (Å²) in [4.78, 5) is 2.82. The van der Waals surface area contributed by atoms with E-state index in [1.807, 2.05) is 0 Å². The van der Waals surface area contributed by atoms with Crippen LogP contribution in [-0.2, 0) is 12.4 Å². The second kappa shape index (κ2) is 3.79. The summed E-state index contributed by atoms with van der Waals surface area (Å²) in [6.45, 7) is 0. The van der Waals surface area contributed by atoms with Gasteiger partial charge in [0.25, 0.3) is 0 Å². The monoisotopic (exact) mass is 308 g/mol. The molecule has 2 N–H and O–H groups in total. The molecule has 0 saturated heterocycles. The molecule has 0 spiro atoms. The molecule has 1 heterocycles. The molecule has 0 amide bonds. The number of nitrogens with two attached hydrogens (primary N) is 1. The fourth-order valence-electron chi connectivity index (χ4n) is 0.943. The van der Waals surface area contributed by atoms with Gasteiger partial charge in [0, 0.05) is 0 Å². The lowest BCUT2D eigenvalue weighted by atomic mass is 10.2. The highest BCUT2D eigenvalue weighted by Crippen LogP contribution is 2.41. The molecular weight excluding hydrogens is 306 g/mol. The summed E-state index contributed by atoms with van der Waals surface area (Å²) in [6, 6.07) is 0.333. The maximum absolute atomic E-state index is 12.3. The Labute approximate surface area is 93.6 Å². The minimum absolute atomic E-state index is 0.333. The molecule has 0 saturated carbocycles. The summed E-state index contributed by atoms with van der Waals surface area (Å²) in [5.74, 6) is -0.845. The first-order valence-electron chi connectivity index (χ1n) is 3.64. The maximum atomic E-state index is 12.3. The van der Waals surface area contributed by atoms with Crippen molar-refractivity contribution in [3.8, 4) is 0 Å². The van der Waals surface area contributed by atoms with Crippen LogP contribution >= 0.6 is 15.9 Å². The van der Waals surface area contributed by atoms with Crippen LogP contribution in [0.25, 0.3) is 0 Å². The van der Waals surface area contributed by atoms with E-state index in [2.05, 4.69) is 20.9 Å². The largest absolute Gasteiger partial charge is 0.434 e. The van der Waals surface area contributed by atoms with Crippen molar-refractivity contribution in [1.82, 2.24) is 4.98 Å². The van der Waals surface area contributed by atoms with Crippen molar-refractivity contribution >= 4 is 21.7 Å². The molecule has 0 aliphatic heterocycles. The zero-order chi connectivity index (χ0) is 12.7. The minimum atomic E-state index is -5.01. The second-order valence-electron chi connectivity index (χ2n) is 2.75. The number of anilines is 1. The molecule has 9 heteroatoms. The zero-order valence-corrected chi connectivity index (χ0v) is 8.83. The first-order chi connectivity index (χ1) is 7.03. The molecule has 0 fully saturated rings. The van der Waals surface area contributed by atoms with Crippen LogP contribution in [0.15, 0.2) is 10.5 Å². The van der Waals surface area contributed by atoms with Gasteiger partial charge in [-0.3, -0.25) is 0 Å². The summed E-state index contributed by atoms with van der Waals surface area (Å²) in [5, 5.41) is 0. The fraction of sp³-hybridized carbons (Fsp3) is 0.286. The number of hydrogen-bond donors (Lipinski definition) is 1. The lowest BCUT2D eigenvalue weighted by molar-refractivity contribution is -0.146. The molecule has 1 rings (SSSR count). The molecule has 2 nitrogen and oxygen atoms in total. The van der Waals surface area contributed by atoms with Crippen LogP contribution in [0.2, 0.25) is 0 Å². The summed E-state index contributed by atoms with van der Waals surface area (Å²) in [5.41, 5.74) is 1.69. The lowest BCUT2D eigenvalue weighted by Crippen LogP contribution is -2.16. The second-order valence-corrected chi connectivity index (χ2v) is 3.55. The van der Waals surface area contributed by atoms with Crippen LogP contribution in [-0.4, -0.2) is 4.98 Å². The van der Waals surface area contributed by atoms with Gasteiger partial charge in [-0.05, 0) is 22.0 Å². The Bertz CT molecular complexity index is 375. The van der Waals surface area contributed by atoms with E-state index in [9.17, 15) is 26.3 Å². The molecule has 16 heavy (non-hydrogen) atoms. The third-order valence-electron chi connectivity index (χ3n) is 1.55. The first kappa shape index (κ1) is 13.1. The van der Waals surface area contributed by atoms with Crippen LogP contribution in [0.4, 0.5) is 32.2 Å². The van der Waals surface area contributed by atoms with Crippen molar-refractivity contribution in [3.63, 3.8) is 0 Å². The van der Waals surface area contributed by atoms with Gasteiger partial charge in [-0.2, -0.15) is 26.3 Å². The number of alkyl halides is 6. The third-order valence-corrected chi connectivity index (χ3v) is 2.35. The standard InChI is InChI=1S/C7H3BrF6N2/c8-4-2(6(9,10)11)1-3(15)16-5(4)7(12,13)14/h1H,(H2,15,16). The van der Waals surface area contributed by atoms with E-state index in [1.54, 1.807) is 0 Å². The predicted molar refractivity (Wildman–Crippen MR) is 46.4 cm³/mol. The van der Waals surface area contributed by atoms with E-state index in [0.717, 1.165) is 0 Å². The van der Waals surface area contributed by atoms with Gasteiger partial charge in [0.15, 0.2) is 5.69 Å². The summed E-state index contributed by atoms with van der Waals surface area (Å²) < 4.78 is 72.6. The number of hydrogen-bond acceptors (Lipinski definition) is 2. The van der Waals surface area contributed by atoms with Gasteiger partial charge in [-0.25, -0.2) is 4.98 Å². The molecule has 1 aromatic heterocycles. The molecule has 0 aliphatic rings. The quantitative estimate of drug-likeness (QED) is 0.745. The van der Waals surface area contributed by atoms with Gasteiger partial charge < -0.3 is 5.73 Å². The van der Waals surface area contributed by atoms with Crippen molar-refractivity contribution in [2.45, 2.75) is 12.4 Å². The zero-order valence-electron chi connectivity index (χ0n) is 7.25. The minimum Gasteiger partial charge on any atom is -0.384 e. The van der Waals surface area contributed by atoms with E-state index in [4.69, 9.17) is 5.73 Å². The van der Waals surface area contributed by atoms with Gasteiger partial charge in [-0.1, -0.05) is 0 Å². The third kappa shape index (κ3) is 2.57. The number of rotatable bonds is 0. The van der Waals surface area contributed by atoms with Crippen LogP contribution < -0.4 is 5.73 Å². The van der Waals surface area contributed by atoms with E-state index < -0.39 is 33.9 Å². The van der Waals surface area contributed by atoms with Crippen LogP contribution in [0.1, 0.15) is 11.3 Å². The van der Waals surface area contributed by atoms with Crippen molar-refractivity contribution in [1.29, 1.82) is 0 Å². The van der Waals surface area contributed by atoms with Gasteiger partial charge >= 0.3 is 12.4 Å². The summed E-state index contributed by atoms with van der Waals surface area (Å²) >= 11 is 2.23. The molecule has 0 aromatic carbocycles. The van der Waals surface area contributed by atoms with Crippen LogP contribution in [0.5, 0.6) is 0 Å². The average molecular weight is 309 g/mol. The average Bonchev–Trinajstić information content (AvgIpc) is 2.04. The van der Waals surface area contributed by atoms with E-state index in [1.165, 1.54) is 0 Å². The Morgan fingerprint density at radius 1 is 1.06 bits per heavy atom. The molecule has 1 aromatic rings. The van der Waals surface area contributed by atoms with Crippen LogP contribution in [0.3, 0.4) is 0 Å². The van der Waals surface area contributed by atoms with Gasteiger partial charge in [0.1, 0.15) is 5.82 Å². The molecular formula is C7H3BrF6N2.